The minimum atomic E-state index is -0.958. The van der Waals surface area contributed by atoms with E-state index in [-0.39, 0.29) is 5.75 Å². The summed E-state index contributed by atoms with van der Waals surface area (Å²) in [5.74, 6) is -0.428. The molecule has 0 amide bonds. The molecule has 0 N–H and O–H groups in total. The molecule has 104 valence electrons. The lowest BCUT2D eigenvalue weighted by Crippen LogP contribution is -1.95. The van der Waals surface area contributed by atoms with E-state index in [0.717, 1.165) is 17.7 Å². The number of hydrogen-bond acceptors (Lipinski definition) is 3. The van der Waals surface area contributed by atoms with Crippen LogP contribution in [-0.4, -0.2) is 4.92 Å². The molecule has 0 aromatic heterocycles. The van der Waals surface area contributed by atoms with Crippen molar-refractivity contribution in [2.45, 2.75) is 5.33 Å². The maximum absolute atomic E-state index is 13.5. The summed E-state index contributed by atoms with van der Waals surface area (Å²) in [6, 6.07) is 8.54. The molecule has 0 unspecified atom stereocenters. The van der Waals surface area contributed by atoms with Crippen LogP contribution in [0.15, 0.2) is 36.4 Å². The van der Waals surface area contributed by atoms with Crippen LogP contribution >= 0.6 is 27.5 Å². The zero-order valence-corrected chi connectivity index (χ0v) is 12.3. The van der Waals surface area contributed by atoms with Crippen LogP contribution < -0.4 is 4.74 Å². The van der Waals surface area contributed by atoms with Crippen LogP contribution in [0.4, 0.5) is 10.1 Å². The van der Waals surface area contributed by atoms with Gasteiger partial charge in [0, 0.05) is 23.0 Å². The van der Waals surface area contributed by atoms with E-state index in [4.69, 9.17) is 16.3 Å². The Morgan fingerprint density at radius 2 is 2.10 bits per heavy atom. The maximum atomic E-state index is 13.5. The minimum absolute atomic E-state index is 0.142. The monoisotopic (exact) mass is 359 g/mol. The van der Waals surface area contributed by atoms with E-state index >= 15 is 0 Å². The first kappa shape index (κ1) is 14.7. The van der Waals surface area contributed by atoms with Crippen molar-refractivity contribution in [2.75, 3.05) is 0 Å². The highest BCUT2D eigenvalue weighted by molar-refractivity contribution is 9.08. The first-order valence-electron chi connectivity index (χ1n) is 5.48. The average molecular weight is 361 g/mol. The smallest absolute Gasteiger partial charge is 0.305 e. The molecule has 0 heterocycles. The second-order valence-electron chi connectivity index (χ2n) is 3.83. The van der Waals surface area contributed by atoms with Gasteiger partial charge in [0.05, 0.1) is 9.95 Å². The molecule has 0 aliphatic heterocycles. The quantitative estimate of drug-likeness (QED) is 0.434. The van der Waals surface area contributed by atoms with E-state index in [0.29, 0.717) is 16.1 Å². The van der Waals surface area contributed by atoms with Crippen molar-refractivity contribution in [1.29, 1.82) is 0 Å². The third kappa shape index (κ3) is 3.08. The summed E-state index contributed by atoms with van der Waals surface area (Å²) in [5.41, 5.74) is 0.188. The number of alkyl halides is 1. The Balaban J connectivity index is 2.36. The second-order valence-corrected chi connectivity index (χ2v) is 4.80. The molecule has 0 aliphatic carbocycles. The molecule has 0 radical (unpaired) electrons. The van der Waals surface area contributed by atoms with Crippen molar-refractivity contribution in [2.24, 2.45) is 0 Å². The van der Waals surface area contributed by atoms with Gasteiger partial charge >= 0.3 is 5.69 Å². The number of nitro benzene ring substituents is 1. The van der Waals surface area contributed by atoms with Crippen LogP contribution in [0.1, 0.15) is 5.56 Å². The molecular weight excluding hydrogens is 353 g/mol. The van der Waals surface area contributed by atoms with Gasteiger partial charge in [0.2, 0.25) is 5.82 Å². The summed E-state index contributed by atoms with van der Waals surface area (Å²) in [7, 11) is 0. The van der Waals surface area contributed by atoms with Crippen molar-refractivity contribution < 1.29 is 14.1 Å². The lowest BCUT2D eigenvalue weighted by atomic mass is 10.2. The molecule has 0 saturated carbocycles. The molecule has 2 aromatic carbocycles. The van der Waals surface area contributed by atoms with E-state index in [1.54, 1.807) is 18.2 Å². The topological polar surface area (TPSA) is 52.4 Å². The van der Waals surface area contributed by atoms with Gasteiger partial charge in [0.15, 0.2) is 0 Å². The van der Waals surface area contributed by atoms with E-state index in [1.807, 2.05) is 0 Å². The van der Waals surface area contributed by atoms with E-state index < -0.39 is 16.4 Å². The molecule has 0 saturated heterocycles. The number of ether oxygens (including phenoxy) is 1. The van der Waals surface area contributed by atoms with Gasteiger partial charge in [-0.05, 0) is 12.1 Å². The SMILES string of the molecule is O=[N+]([O-])c1ccc(Oc2c(Cl)cccc2CBr)cc1F. The average Bonchev–Trinajstić information content (AvgIpc) is 2.40. The molecule has 0 bridgehead atoms. The molecule has 0 fully saturated rings. The van der Waals surface area contributed by atoms with Crippen LogP contribution in [0, 0.1) is 15.9 Å². The molecule has 0 atom stereocenters. The number of nitro groups is 1. The maximum Gasteiger partial charge on any atom is 0.305 e. The molecular formula is C13H8BrClFNO3. The Morgan fingerprint density at radius 3 is 2.70 bits per heavy atom. The third-order valence-electron chi connectivity index (χ3n) is 2.53. The van der Waals surface area contributed by atoms with Gasteiger partial charge in [0.25, 0.3) is 0 Å². The number of benzene rings is 2. The predicted octanol–water partition coefficient (Wildman–Crippen LogP) is 5.07. The normalized spacial score (nSPS) is 10.3. The molecule has 20 heavy (non-hydrogen) atoms. The Kier molecular flexibility index (Phi) is 4.57. The largest absolute Gasteiger partial charge is 0.455 e. The van der Waals surface area contributed by atoms with E-state index in [2.05, 4.69) is 15.9 Å². The first-order valence-corrected chi connectivity index (χ1v) is 6.98. The van der Waals surface area contributed by atoms with Crippen LogP contribution in [0.25, 0.3) is 0 Å². The van der Waals surface area contributed by atoms with Crippen molar-refractivity contribution >= 4 is 33.2 Å². The molecule has 2 rings (SSSR count). The summed E-state index contributed by atoms with van der Waals surface area (Å²) < 4.78 is 19.0. The molecule has 0 aliphatic rings. The van der Waals surface area contributed by atoms with Gasteiger partial charge in [-0.3, -0.25) is 10.1 Å². The van der Waals surface area contributed by atoms with Crippen molar-refractivity contribution in [3.8, 4) is 11.5 Å². The van der Waals surface area contributed by atoms with Crippen molar-refractivity contribution in [3.05, 3.63) is 62.9 Å². The fourth-order valence-electron chi connectivity index (χ4n) is 1.59. The molecule has 4 nitrogen and oxygen atoms in total. The Bertz CT molecular complexity index is 666. The van der Waals surface area contributed by atoms with Gasteiger partial charge in [0.1, 0.15) is 11.5 Å². The third-order valence-corrected chi connectivity index (χ3v) is 3.43. The summed E-state index contributed by atoms with van der Waals surface area (Å²) in [4.78, 5) is 9.75. The van der Waals surface area contributed by atoms with Gasteiger partial charge in [-0.15, -0.1) is 0 Å². The van der Waals surface area contributed by atoms with E-state index in [9.17, 15) is 14.5 Å². The number of hydrogen-bond donors (Lipinski definition) is 0. The Labute approximate surface area is 127 Å². The Hall–Kier alpha value is -1.66. The number of nitrogens with zero attached hydrogens (tertiary/aromatic N) is 1. The summed E-state index contributed by atoms with van der Waals surface area (Å²) in [6.07, 6.45) is 0. The summed E-state index contributed by atoms with van der Waals surface area (Å²) in [5, 5.41) is 11.4. The number of rotatable bonds is 4. The summed E-state index contributed by atoms with van der Waals surface area (Å²) in [6.45, 7) is 0. The zero-order valence-electron chi connectivity index (χ0n) is 9.98. The zero-order chi connectivity index (χ0) is 14.7. The van der Waals surface area contributed by atoms with Crippen LogP contribution in [0.3, 0.4) is 0 Å². The van der Waals surface area contributed by atoms with Gasteiger partial charge in [-0.1, -0.05) is 39.7 Å². The van der Waals surface area contributed by atoms with Gasteiger partial charge in [-0.25, -0.2) is 0 Å². The highest BCUT2D eigenvalue weighted by atomic mass is 79.9. The van der Waals surface area contributed by atoms with Crippen molar-refractivity contribution in [1.82, 2.24) is 0 Å². The lowest BCUT2D eigenvalue weighted by molar-refractivity contribution is -0.387. The second kappa shape index (κ2) is 6.19. The predicted molar refractivity (Wildman–Crippen MR) is 77.2 cm³/mol. The molecule has 0 spiro atoms. The number of halogens is 3. The highest BCUT2D eigenvalue weighted by Crippen LogP contribution is 2.35. The lowest BCUT2D eigenvalue weighted by Gasteiger charge is -2.11. The van der Waals surface area contributed by atoms with Gasteiger partial charge < -0.3 is 4.74 Å². The van der Waals surface area contributed by atoms with Gasteiger partial charge in [-0.2, -0.15) is 4.39 Å². The molecule has 2 aromatic rings. The van der Waals surface area contributed by atoms with Crippen molar-refractivity contribution in [3.63, 3.8) is 0 Å². The Morgan fingerprint density at radius 1 is 1.35 bits per heavy atom. The fraction of sp³-hybridized carbons (Fsp3) is 0.0769. The highest BCUT2D eigenvalue weighted by Gasteiger charge is 2.16. The van der Waals surface area contributed by atoms with E-state index in [1.165, 1.54) is 6.07 Å². The van der Waals surface area contributed by atoms with Crippen LogP contribution in [0.5, 0.6) is 11.5 Å². The van der Waals surface area contributed by atoms with Crippen LogP contribution in [0.2, 0.25) is 5.02 Å². The standard InChI is InChI=1S/C13H8BrClFNO3/c14-7-8-2-1-3-10(15)13(8)20-9-4-5-12(17(18)19)11(16)6-9/h1-6H,7H2. The first-order chi connectivity index (χ1) is 9.52. The summed E-state index contributed by atoms with van der Waals surface area (Å²) >= 11 is 9.33. The minimum Gasteiger partial charge on any atom is -0.455 e. The van der Waals surface area contributed by atoms with Crippen LogP contribution in [-0.2, 0) is 5.33 Å². The molecule has 7 heteroatoms. The number of para-hydroxylation sites is 1. The fourth-order valence-corrected chi connectivity index (χ4v) is 2.26.